The molecule has 5 rings (SSSR count). The Bertz CT molecular complexity index is 1440. The molecule has 4 aromatic rings. The highest BCUT2D eigenvalue weighted by Gasteiger charge is 2.40. The molecule has 1 N–H and O–H groups in total. The van der Waals surface area contributed by atoms with Crippen molar-refractivity contribution in [2.45, 2.75) is 0 Å². The van der Waals surface area contributed by atoms with Gasteiger partial charge in [0.2, 0.25) is 0 Å². The van der Waals surface area contributed by atoms with Gasteiger partial charge in [-0.3, -0.25) is 9.59 Å². The van der Waals surface area contributed by atoms with Crippen LogP contribution in [0.3, 0.4) is 0 Å². The molecule has 0 atom stereocenters. The predicted molar refractivity (Wildman–Crippen MR) is 134 cm³/mol. The number of amides is 2. The van der Waals surface area contributed by atoms with Crippen LogP contribution in [0.4, 0.5) is 21.5 Å². The van der Waals surface area contributed by atoms with Gasteiger partial charge in [0.15, 0.2) is 0 Å². The summed E-state index contributed by atoms with van der Waals surface area (Å²) < 4.78 is 13.6. The molecule has 4 aromatic carbocycles. The first-order chi connectivity index (χ1) is 16.4. The van der Waals surface area contributed by atoms with Gasteiger partial charge in [0.25, 0.3) is 11.8 Å². The number of nitrogens with one attached hydrogen (secondary N) is 1. The highest BCUT2D eigenvalue weighted by molar-refractivity contribution is 6.46. The van der Waals surface area contributed by atoms with Crippen molar-refractivity contribution in [1.82, 2.24) is 0 Å². The second kappa shape index (κ2) is 8.48. The smallest absolute Gasteiger partial charge is 0.282 e. The molecular weight excluding hydrogens is 429 g/mol. The van der Waals surface area contributed by atoms with Gasteiger partial charge < -0.3 is 10.2 Å². The van der Waals surface area contributed by atoms with Gasteiger partial charge in [-0.2, -0.15) is 0 Å². The zero-order valence-corrected chi connectivity index (χ0v) is 18.7. The van der Waals surface area contributed by atoms with Crippen LogP contribution in [0.15, 0.2) is 96.7 Å². The highest BCUT2D eigenvalue weighted by Crippen LogP contribution is 2.35. The van der Waals surface area contributed by atoms with Gasteiger partial charge in [-0.25, -0.2) is 9.29 Å². The van der Waals surface area contributed by atoms with Crippen molar-refractivity contribution in [3.63, 3.8) is 0 Å². The quantitative estimate of drug-likeness (QED) is 0.411. The molecule has 0 fully saturated rings. The lowest BCUT2D eigenvalue weighted by Gasteiger charge is -2.18. The van der Waals surface area contributed by atoms with Gasteiger partial charge in [0.05, 0.1) is 11.3 Å². The molecule has 5 nitrogen and oxygen atoms in total. The van der Waals surface area contributed by atoms with Gasteiger partial charge in [-0.05, 0) is 53.4 Å². The summed E-state index contributed by atoms with van der Waals surface area (Å²) in [5.41, 5.74) is 2.95. The second-order valence-corrected chi connectivity index (χ2v) is 8.27. The number of carbonyl (C=O) groups excluding carboxylic acids is 2. The Hall–Kier alpha value is -4.45. The molecule has 0 spiro atoms. The van der Waals surface area contributed by atoms with Crippen molar-refractivity contribution in [3.05, 3.63) is 108 Å². The lowest BCUT2D eigenvalue weighted by Crippen LogP contribution is -2.32. The number of rotatable bonds is 5. The van der Waals surface area contributed by atoms with E-state index in [-0.39, 0.29) is 11.3 Å². The summed E-state index contributed by atoms with van der Waals surface area (Å²) in [7, 11) is 3.84. The van der Waals surface area contributed by atoms with Crippen molar-refractivity contribution in [2.24, 2.45) is 0 Å². The molecule has 1 aliphatic heterocycles. The van der Waals surface area contributed by atoms with Crippen LogP contribution in [0.5, 0.6) is 0 Å². The number of fused-ring (bicyclic) bond motifs is 1. The van der Waals surface area contributed by atoms with E-state index in [1.165, 1.54) is 24.3 Å². The summed E-state index contributed by atoms with van der Waals surface area (Å²) in [5.74, 6) is -1.34. The van der Waals surface area contributed by atoms with E-state index in [0.717, 1.165) is 21.4 Å². The van der Waals surface area contributed by atoms with E-state index in [9.17, 15) is 14.0 Å². The van der Waals surface area contributed by atoms with E-state index in [0.29, 0.717) is 16.9 Å². The van der Waals surface area contributed by atoms with E-state index < -0.39 is 17.6 Å². The number of anilines is 3. The molecule has 34 heavy (non-hydrogen) atoms. The van der Waals surface area contributed by atoms with Gasteiger partial charge in [-0.1, -0.05) is 48.5 Å². The van der Waals surface area contributed by atoms with Crippen LogP contribution in [0.1, 0.15) is 5.56 Å². The Balaban J connectivity index is 1.62. The lowest BCUT2D eigenvalue weighted by atomic mass is 10.0. The zero-order valence-electron chi connectivity index (χ0n) is 18.7. The molecule has 0 aliphatic carbocycles. The average Bonchev–Trinajstić information content (AvgIpc) is 3.09. The van der Waals surface area contributed by atoms with E-state index in [2.05, 4.69) is 5.32 Å². The number of hydrogen-bond donors (Lipinski definition) is 1. The Morgan fingerprint density at radius 1 is 0.765 bits per heavy atom. The molecule has 0 bridgehead atoms. The van der Waals surface area contributed by atoms with Crippen LogP contribution in [0.25, 0.3) is 16.3 Å². The fraction of sp³-hybridized carbons (Fsp3) is 0.0714. The molecule has 0 saturated heterocycles. The minimum atomic E-state index is -0.463. The summed E-state index contributed by atoms with van der Waals surface area (Å²) in [6.07, 6.45) is 0. The van der Waals surface area contributed by atoms with E-state index >= 15 is 0 Å². The normalized spacial score (nSPS) is 13.7. The average molecular weight is 452 g/mol. The standard InChI is InChI=1S/C28H22FN3O2/c1-31(2)21-14-16-22(17-15-21)32-27(33)25(19-10-12-20(29)13-11-19)26(28(32)34)30-24-9-5-7-18-6-3-4-8-23(18)24/h3-17,30H,1-2H3. The Kier molecular flexibility index (Phi) is 5.34. The highest BCUT2D eigenvalue weighted by atomic mass is 19.1. The molecule has 1 heterocycles. The maximum absolute atomic E-state index is 13.6. The largest absolute Gasteiger partial charge is 0.378 e. The molecule has 0 aromatic heterocycles. The lowest BCUT2D eigenvalue weighted by molar-refractivity contribution is -0.120. The van der Waals surface area contributed by atoms with Crippen molar-refractivity contribution in [1.29, 1.82) is 0 Å². The Morgan fingerprint density at radius 3 is 2.15 bits per heavy atom. The number of carbonyl (C=O) groups is 2. The topological polar surface area (TPSA) is 52.6 Å². The number of imide groups is 1. The number of hydrogen-bond acceptors (Lipinski definition) is 4. The predicted octanol–water partition coefficient (Wildman–Crippen LogP) is 5.44. The van der Waals surface area contributed by atoms with Crippen LogP contribution >= 0.6 is 0 Å². The Morgan fingerprint density at radius 2 is 1.44 bits per heavy atom. The van der Waals surface area contributed by atoms with Crippen LogP contribution in [-0.2, 0) is 9.59 Å². The second-order valence-electron chi connectivity index (χ2n) is 8.27. The van der Waals surface area contributed by atoms with Crippen LogP contribution in [0, 0.1) is 5.82 Å². The van der Waals surface area contributed by atoms with Crippen LogP contribution < -0.4 is 15.1 Å². The Labute approximate surface area is 196 Å². The summed E-state index contributed by atoms with van der Waals surface area (Å²) in [4.78, 5) is 30.3. The van der Waals surface area contributed by atoms with Crippen molar-refractivity contribution >= 4 is 45.2 Å². The number of benzene rings is 4. The molecule has 2 amide bonds. The van der Waals surface area contributed by atoms with E-state index in [4.69, 9.17) is 0 Å². The summed E-state index contributed by atoms with van der Waals surface area (Å²) in [5, 5.41) is 5.15. The van der Waals surface area contributed by atoms with Gasteiger partial charge in [0.1, 0.15) is 11.5 Å². The van der Waals surface area contributed by atoms with Gasteiger partial charge in [-0.15, -0.1) is 0 Å². The fourth-order valence-electron chi connectivity index (χ4n) is 4.13. The summed E-state index contributed by atoms with van der Waals surface area (Å²) in [6.45, 7) is 0. The minimum Gasteiger partial charge on any atom is -0.378 e. The third-order valence-corrected chi connectivity index (χ3v) is 5.89. The van der Waals surface area contributed by atoms with E-state index in [1.54, 1.807) is 12.1 Å². The maximum atomic E-state index is 13.6. The van der Waals surface area contributed by atoms with Crippen LogP contribution in [-0.4, -0.2) is 25.9 Å². The number of halogens is 1. The SMILES string of the molecule is CN(C)c1ccc(N2C(=O)C(Nc3cccc4ccccc34)=C(c3ccc(F)cc3)C2=O)cc1. The first kappa shape index (κ1) is 21.4. The molecule has 6 heteroatoms. The molecular formula is C28H22FN3O2. The first-order valence-electron chi connectivity index (χ1n) is 10.9. The summed E-state index contributed by atoms with van der Waals surface area (Å²) in [6, 6.07) is 26.3. The van der Waals surface area contributed by atoms with Crippen LogP contribution in [0.2, 0.25) is 0 Å². The molecule has 0 unspecified atom stereocenters. The van der Waals surface area contributed by atoms with Crippen molar-refractivity contribution < 1.29 is 14.0 Å². The molecule has 168 valence electrons. The van der Waals surface area contributed by atoms with E-state index in [1.807, 2.05) is 73.6 Å². The van der Waals surface area contributed by atoms with Gasteiger partial charge in [0, 0.05) is 30.9 Å². The summed E-state index contributed by atoms with van der Waals surface area (Å²) >= 11 is 0. The molecule has 0 radical (unpaired) electrons. The van der Waals surface area contributed by atoms with Crippen molar-refractivity contribution in [2.75, 3.05) is 29.2 Å². The molecule has 0 saturated carbocycles. The maximum Gasteiger partial charge on any atom is 0.282 e. The molecule has 1 aliphatic rings. The first-order valence-corrected chi connectivity index (χ1v) is 10.9. The van der Waals surface area contributed by atoms with Crippen molar-refractivity contribution in [3.8, 4) is 0 Å². The minimum absolute atomic E-state index is 0.157. The number of nitrogens with zero attached hydrogens (tertiary/aromatic N) is 2. The monoisotopic (exact) mass is 451 g/mol. The van der Waals surface area contributed by atoms with Gasteiger partial charge >= 0.3 is 0 Å². The zero-order chi connectivity index (χ0) is 23.8. The third-order valence-electron chi connectivity index (χ3n) is 5.89. The fourth-order valence-corrected chi connectivity index (χ4v) is 4.13. The third kappa shape index (κ3) is 3.69.